The summed E-state index contributed by atoms with van der Waals surface area (Å²) in [6.07, 6.45) is 5.92. The van der Waals surface area contributed by atoms with Crippen molar-refractivity contribution in [1.29, 1.82) is 0 Å². The number of likely N-dealkylation sites (tertiary alicyclic amines) is 1. The van der Waals surface area contributed by atoms with Gasteiger partial charge in [0.05, 0.1) is 15.2 Å². The van der Waals surface area contributed by atoms with Crippen LogP contribution in [0, 0.1) is 0 Å². The van der Waals surface area contributed by atoms with Crippen LogP contribution in [-0.4, -0.2) is 57.8 Å². The molecule has 2 aliphatic heterocycles. The lowest BCUT2D eigenvalue weighted by Gasteiger charge is -2.32. The quantitative estimate of drug-likeness (QED) is 0.704. The number of aromatic nitrogens is 1. The first-order chi connectivity index (χ1) is 14.9. The summed E-state index contributed by atoms with van der Waals surface area (Å²) in [5.41, 5.74) is 0.138. The number of piperidine rings is 1. The number of urea groups is 1. The van der Waals surface area contributed by atoms with Gasteiger partial charge in [0.1, 0.15) is 12.1 Å². The van der Waals surface area contributed by atoms with Crippen molar-refractivity contribution in [3.05, 3.63) is 28.2 Å². The van der Waals surface area contributed by atoms with Crippen molar-refractivity contribution in [2.45, 2.75) is 56.4 Å². The van der Waals surface area contributed by atoms with Crippen LogP contribution in [0.1, 0.15) is 55.9 Å². The Balaban J connectivity index is 1.20. The first kappa shape index (κ1) is 20.7. The summed E-state index contributed by atoms with van der Waals surface area (Å²) in [6, 6.07) is 5.32. The second kappa shape index (κ2) is 8.06. The van der Waals surface area contributed by atoms with Crippen LogP contribution in [0.25, 0.3) is 10.2 Å². The van der Waals surface area contributed by atoms with Crippen LogP contribution in [0.2, 0.25) is 5.02 Å². The topological polar surface area (TPSA) is 82.6 Å². The lowest BCUT2D eigenvalue weighted by atomic mass is 9.82. The third-order valence-corrected chi connectivity index (χ3v) is 8.24. The van der Waals surface area contributed by atoms with E-state index in [1.165, 1.54) is 0 Å². The van der Waals surface area contributed by atoms with Gasteiger partial charge >= 0.3 is 6.03 Å². The Morgan fingerprint density at radius 1 is 1.19 bits per heavy atom. The minimum Gasteiger partial charge on any atom is -0.341 e. The van der Waals surface area contributed by atoms with Crippen molar-refractivity contribution in [2.24, 2.45) is 0 Å². The third kappa shape index (κ3) is 3.80. The van der Waals surface area contributed by atoms with Crippen LogP contribution in [0.15, 0.2) is 18.2 Å². The summed E-state index contributed by atoms with van der Waals surface area (Å²) in [7, 11) is 0. The number of nitrogens with one attached hydrogen (secondary N) is 1. The van der Waals surface area contributed by atoms with Gasteiger partial charge in [0.15, 0.2) is 0 Å². The van der Waals surface area contributed by atoms with Gasteiger partial charge in [-0.2, -0.15) is 0 Å². The van der Waals surface area contributed by atoms with E-state index < -0.39 is 11.6 Å². The molecule has 0 bridgehead atoms. The summed E-state index contributed by atoms with van der Waals surface area (Å²) in [5, 5.41) is 4.64. The molecule has 3 aliphatic rings. The maximum Gasteiger partial charge on any atom is 0.325 e. The molecule has 3 heterocycles. The predicted molar refractivity (Wildman–Crippen MR) is 119 cm³/mol. The Hall–Kier alpha value is -2.19. The van der Waals surface area contributed by atoms with Gasteiger partial charge < -0.3 is 10.2 Å². The minimum atomic E-state index is -0.779. The maximum absolute atomic E-state index is 12.9. The van der Waals surface area contributed by atoms with E-state index in [1.54, 1.807) is 16.2 Å². The molecule has 0 unspecified atom stereocenters. The zero-order chi connectivity index (χ0) is 21.6. The van der Waals surface area contributed by atoms with E-state index in [4.69, 9.17) is 16.6 Å². The third-order valence-electron chi connectivity index (χ3n) is 6.81. The van der Waals surface area contributed by atoms with Crippen molar-refractivity contribution >= 4 is 51.0 Å². The number of thiazole rings is 1. The normalized spacial score (nSPS) is 21.8. The fraction of sp³-hybridized carbons (Fsp3) is 0.545. The number of carbonyl (C=O) groups is 3. The molecule has 7 nitrogen and oxygen atoms in total. The van der Waals surface area contributed by atoms with Gasteiger partial charge in [-0.15, -0.1) is 11.3 Å². The van der Waals surface area contributed by atoms with Crippen molar-refractivity contribution in [3.63, 3.8) is 0 Å². The second-order valence-electron chi connectivity index (χ2n) is 8.78. The van der Waals surface area contributed by atoms with E-state index in [-0.39, 0.29) is 18.4 Å². The Morgan fingerprint density at radius 2 is 1.94 bits per heavy atom. The van der Waals surface area contributed by atoms with E-state index in [0.717, 1.165) is 52.2 Å². The molecular weight excluding hydrogens is 436 g/mol. The van der Waals surface area contributed by atoms with E-state index >= 15 is 0 Å². The lowest BCUT2D eigenvalue weighted by molar-refractivity contribution is -0.140. The number of hydrogen-bond donors (Lipinski definition) is 1. The summed E-state index contributed by atoms with van der Waals surface area (Å²) < 4.78 is 1.12. The smallest absolute Gasteiger partial charge is 0.325 e. The van der Waals surface area contributed by atoms with Crippen molar-refractivity contribution in [2.75, 3.05) is 19.6 Å². The molecule has 4 amide bonds. The molecule has 164 valence electrons. The number of nitrogens with zero attached hydrogens (tertiary/aromatic N) is 3. The summed E-state index contributed by atoms with van der Waals surface area (Å²) in [5.74, 6) is -0.0816. The lowest BCUT2D eigenvalue weighted by Crippen LogP contribution is -2.49. The van der Waals surface area contributed by atoms with E-state index in [0.29, 0.717) is 36.9 Å². The number of hydrogen-bond acceptors (Lipinski definition) is 5. The SMILES string of the molecule is O=C(CN1C(=O)NC2(CCCCC2)C1=O)N1CCC(c2nc3cc(Cl)ccc3s2)CC1. The Labute approximate surface area is 189 Å². The molecule has 5 rings (SSSR count). The van der Waals surface area contributed by atoms with Gasteiger partial charge in [-0.1, -0.05) is 30.9 Å². The molecule has 2 aromatic rings. The number of carbonyl (C=O) groups excluding carboxylic acids is 3. The fourth-order valence-corrected chi connectivity index (χ4v) is 6.30. The molecule has 3 fully saturated rings. The van der Waals surface area contributed by atoms with Gasteiger partial charge in [-0.25, -0.2) is 9.78 Å². The molecule has 2 saturated heterocycles. The van der Waals surface area contributed by atoms with Crippen LogP contribution >= 0.6 is 22.9 Å². The zero-order valence-electron chi connectivity index (χ0n) is 17.2. The number of rotatable bonds is 3. The largest absolute Gasteiger partial charge is 0.341 e. The molecule has 1 aromatic carbocycles. The molecule has 1 N–H and O–H groups in total. The van der Waals surface area contributed by atoms with Crippen LogP contribution < -0.4 is 5.32 Å². The molecule has 1 aliphatic carbocycles. The van der Waals surface area contributed by atoms with Crippen LogP contribution in [0.5, 0.6) is 0 Å². The number of amides is 4. The van der Waals surface area contributed by atoms with Crippen molar-refractivity contribution < 1.29 is 14.4 Å². The highest BCUT2D eigenvalue weighted by Gasteiger charge is 2.51. The first-order valence-corrected chi connectivity index (χ1v) is 12.1. The molecule has 1 saturated carbocycles. The molecule has 0 radical (unpaired) electrons. The van der Waals surface area contributed by atoms with Gasteiger partial charge in [0, 0.05) is 24.0 Å². The van der Waals surface area contributed by atoms with E-state index in [1.807, 2.05) is 18.2 Å². The average Bonchev–Trinajstić information content (AvgIpc) is 3.29. The minimum absolute atomic E-state index is 0.161. The van der Waals surface area contributed by atoms with Crippen LogP contribution in [-0.2, 0) is 9.59 Å². The molecule has 1 aromatic heterocycles. The summed E-state index contributed by atoms with van der Waals surface area (Å²) in [4.78, 5) is 45.8. The van der Waals surface area contributed by atoms with Gasteiger partial charge in [0.2, 0.25) is 5.91 Å². The fourth-order valence-electron chi connectivity index (χ4n) is 5.02. The van der Waals surface area contributed by atoms with Gasteiger partial charge in [-0.05, 0) is 43.9 Å². The highest BCUT2D eigenvalue weighted by molar-refractivity contribution is 7.18. The first-order valence-electron chi connectivity index (χ1n) is 10.9. The monoisotopic (exact) mass is 460 g/mol. The summed E-state index contributed by atoms with van der Waals surface area (Å²) in [6.45, 7) is 1.04. The molecular formula is C22H25ClN4O3S. The predicted octanol–water partition coefficient (Wildman–Crippen LogP) is 3.91. The van der Waals surface area contributed by atoms with Crippen molar-refractivity contribution in [3.8, 4) is 0 Å². The standard InChI is InChI=1S/C22H25ClN4O3S/c23-15-4-5-17-16(12-15)24-19(31-17)14-6-10-26(11-7-14)18(28)13-27-20(29)22(25-21(27)30)8-2-1-3-9-22/h4-5,12,14H,1-3,6-11,13H2,(H,25,30). The highest BCUT2D eigenvalue weighted by Crippen LogP contribution is 2.36. The maximum atomic E-state index is 12.9. The number of fused-ring (bicyclic) bond motifs is 1. The molecule has 9 heteroatoms. The Bertz CT molecular complexity index is 1040. The second-order valence-corrected chi connectivity index (χ2v) is 10.3. The molecule has 31 heavy (non-hydrogen) atoms. The van der Waals surface area contributed by atoms with Gasteiger partial charge in [0.25, 0.3) is 5.91 Å². The number of imide groups is 1. The van der Waals surface area contributed by atoms with Crippen molar-refractivity contribution in [1.82, 2.24) is 20.1 Å². The number of benzene rings is 1. The van der Waals surface area contributed by atoms with E-state index in [9.17, 15) is 14.4 Å². The van der Waals surface area contributed by atoms with Gasteiger partial charge in [-0.3, -0.25) is 14.5 Å². The van der Waals surface area contributed by atoms with Crippen LogP contribution in [0.4, 0.5) is 4.79 Å². The number of halogens is 1. The van der Waals surface area contributed by atoms with E-state index in [2.05, 4.69) is 5.32 Å². The zero-order valence-corrected chi connectivity index (χ0v) is 18.8. The molecule has 1 spiro atoms. The summed E-state index contributed by atoms with van der Waals surface area (Å²) >= 11 is 7.75. The average molecular weight is 461 g/mol. The Morgan fingerprint density at radius 3 is 2.68 bits per heavy atom. The highest BCUT2D eigenvalue weighted by atomic mass is 35.5. The van der Waals surface area contributed by atoms with Crippen LogP contribution in [0.3, 0.4) is 0 Å². The molecule has 0 atom stereocenters. The Kier molecular flexibility index (Phi) is 5.38.